The van der Waals surface area contributed by atoms with Crippen LogP contribution in [0, 0.1) is 23.1 Å². The normalized spacial score (nSPS) is 22.9. The van der Waals surface area contributed by atoms with E-state index in [2.05, 4.69) is 4.98 Å². The Kier molecular flexibility index (Phi) is 5.70. The lowest BCUT2D eigenvalue weighted by Gasteiger charge is -2.27. The molecule has 0 bridgehead atoms. The Morgan fingerprint density at radius 1 is 1.43 bits per heavy atom. The minimum atomic E-state index is -3.95. The predicted molar refractivity (Wildman–Crippen MR) is 100 cm³/mol. The zero-order valence-corrected chi connectivity index (χ0v) is 16.3. The number of nitrogens with zero attached hydrogens (tertiary/aromatic N) is 3. The first kappa shape index (κ1) is 20.6. The smallest absolute Gasteiger partial charge is 0.260 e. The highest BCUT2D eigenvalue weighted by Gasteiger charge is 2.48. The van der Waals surface area contributed by atoms with Crippen LogP contribution in [0.25, 0.3) is 0 Å². The number of pyridine rings is 1. The molecule has 7 nitrogen and oxygen atoms in total. The van der Waals surface area contributed by atoms with E-state index in [1.807, 2.05) is 0 Å². The van der Waals surface area contributed by atoms with Gasteiger partial charge in [0, 0.05) is 31.7 Å². The molecule has 3 N–H and O–H groups in total. The van der Waals surface area contributed by atoms with Crippen LogP contribution in [0.5, 0.6) is 0 Å². The first-order valence-electron chi connectivity index (χ1n) is 8.42. The van der Waals surface area contributed by atoms with Crippen molar-refractivity contribution in [2.24, 2.45) is 11.7 Å². The molecule has 0 aliphatic carbocycles. The van der Waals surface area contributed by atoms with E-state index in [-0.39, 0.29) is 36.6 Å². The summed E-state index contributed by atoms with van der Waals surface area (Å²) in [5, 5.41) is 19.9. The molecular weight excluding hydrogens is 407 g/mol. The van der Waals surface area contributed by atoms with Crippen molar-refractivity contribution >= 4 is 21.6 Å². The molecule has 10 heteroatoms. The van der Waals surface area contributed by atoms with Crippen molar-refractivity contribution in [2.75, 3.05) is 19.6 Å². The third-order valence-corrected chi connectivity index (χ3v) is 6.88. The predicted octanol–water partition coefficient (Wildman–Crippen LogP) is 1.30. The highest BCUT2D eigenvalue weighted by atomic mass is 35.5. The van der Waals surface area contributed by atoms with Gasteiger partial charge in [0.25, 0.3) is 10.0 Å². The maximum Gasteiger partial charge on any atom is 0.260 e. The fourth-order valence-corrected chi connectivity index (χ4v) is 4.86. The van der Waals surface area contributed by atoms with E-state index in [1.54, 1.807) is 12.1 Å². The highest BCUT2D eigenvalue weighted by Crippen LogP contribution is 2.33. The summed E-state index contributed by atoms with van der Waals surface area (Å²) in [7, 11) is -3.95. The van der Waals surface area contributed by atoms with Crippen LogP contribution in [-0.2, 0) is 16.4 Å². The van der Waals surface area contributed by atoms with Gasteiger partial charge >= 0.3 is 0 Å². The van der Waals surface area contributed by atoms with Gasteiger partial charge in [-0.3, -0.25) is 0 Å². The van der Waals surface area contributed by atoms with Gasteiger partial charge in [-0.05, 0) is 36.2 Å². The van der Waals surface area contributed by atoms with Gasteiger partial charge in [-0.25, -0.2) is 17.8 Å². The van der Waals surface area contributed by atoms with E-state index in [9.17, 15) is 17.9 Å². The Balaban J connectivity index is 1.86. The van der Waals surface area contributed by atoms with Crippen LogP contribution >= 0.6 is 11.6 Å². The molecule has 2 atom stereocenters. The summed E-state index contributed by atoms with van der Waals surface area (Å²) in [5.74, 6) is -1.21. The van der Waals surface area contributed by atoms with Crippen molar-refractivity contribution in [2.45, 2.75) is 17.0 Å². The molecule has 2 aromatic rings. The minimum absolute atomic E-state index is 0.00194. The number of sulfonamides is 1. The van der Waals surface area contributed by atoms with Crippen molar-refractivity contribution in [1.82, 2.24) is 9.29 Å². The third kappa shape index (κ3) is 3.87. The first-order valence-corrected chi connectivity index (χ1v) is 10.2. The van der Waals surface area contributed by atoms with E-state index in [4.69, 9.17) is 22.6 Å². The van der Waals surface area contributed by atoms with E-state index in [0.29, 0.717) is 10.6 Å². The number of aromatic nitrogens is 1. The Bertz CT molecular complexity index is 1030. The average Bonchev–Trinajstić information content (AvgIpc) is 3.00. The number of β-amino-alcohol motifs (C(OH)–C–C–N with tert-alkyl or cyclic N) is 1. The lowest BCUT2D eigenvalue weighted by atomic mass is 9.85. The van der Waals surface area contributed by atoms with Crippen molar-refractivity contribution in [3.05, 3.63) is 58.5 Å². The second-order valence-electron chi connectivity index (χ2n) is 6.75. The maximum atomic E-state index is 13.9. The van der Waals surface area contributed by atoms with Crippen molar-refractivity contribution in [3.8, 4) is 6.07 Å². The van der Waals surface area contributed by atoms with Gasteiger partial charge in [0.05, 0.1) is 16.2 Å². The Morgan fingerprint density at radius 3 is 2.75 bits per heavy atom. The van der Waals surface area contributed by atoms with E-state index >= 15 is 0 Å². The van der Waals surface area contributed by atoms with Crippen LogP contribution in [0.2, 0.25) is 5.02 Å². The summed E-state index contributed by atoms with van der Waals surface area (Å²) >= 11 is 5.76. The van der Waals surface area contributed by atoms with Gasteiger partial charge in [-0.2, -0.15) is 9.57 Å². The number of nitrogens with two attached hydrogens (primary N) is 1. The Hall–Kier alpha value is -2.09. The summed E-state index contributed by atoms with van der Waals surface area (Å²) < 4.78 is 40.7. The molecule has 1 aliphatic heterocycles. The lowest BCUT2D eigenvalue weighted by molar-refractivity contribution is 0.0236. The molecular formula is C18H18ClFN4O3S. The van der Waals surface area contributed by atoms with Crippen LogP contribution in [0.15, 0.2) is 41.6 Å². The molecule has 0 unspecified atom stereocenters. The number of aliphatic hydroxyl groups is 1. The minimum Gasteiger partial charge on any atom is -0.387 e. The van der Waals surface area contributed by atoms with Gasteiger partial charge in [0.15, 0.2) is 5.03 Å². The van der Waals surface area contributed by atoms with Gasteiger partial charge in [-0.15, -0.1) is 0 Å². The lowest BCUT2D eigenvalue weighted by Crippen LogP contribution is -2.46. The summed E-state index contributed by atoms with van der Waals surface area (Å²) in [5.41, 5.74) is 4.72. The molecule has 1 saturated heterocycles. The van der Waals surface area contributed by atoms with Gasteiger partial charge < -0.3 is 10.8 Å². The van der Waals surface area contributed by atoms with E-state index in [1.165, 1.54) is 30.5 Å². The molecule has 0 amide bonds. The second-order valence-corrected chi connectivity index (χ2v) is 9.07. The summed E-state index contributed by atoms with van der Waals surface area (Å²) in [4.78, 5) is 3.85. The molecule has 1 aromatic carbocycles. The van der Waals surface area contributed by atoms with Gasteiger partial charge in [0.1, 0.15) is 11.9 Å². The number of benzene rings is 1. The number of hydrogen-bond acceptors (Lipinski definition) is 6. The summed E-state index contributed by atoms with van der Waals surface area (Å²) in [6.07, 6.45) is 1.44. The molecule has 0 spiro atoms. The molecule has 2 heterocycles. The Labute approximate surface area is 167 Å². The zero-order chi connectivity index (χ0) is 20.5. The number of nitriles is 1. The molecule has 1 fully saturated rings. The number of halogens is 2. The summed E-state index contributed by atoms with van der Waals surface area (Å²) in [6, 6.07) is 8.61. The molecule has 1 aromatic heterocycles. The Morgan fingerprint density at radius 2 is 2.18 bits per heavy atom. The topological polar surface area (TPSA) is 120 Å². The number of rotatable bonds is 5. The quantitative estimate of drug-likeness (QED) is 0.746. The van der Waals surface area contributed by atoms with E-state index in [0.717, 1.165) is 4.31 Å². The van der Waals surface area contributed by atoms with Crippen molar-refractivity contribution in [1.29, 1.82) is 5.26 Å². The van der Waals surface area contributed by atoms with Crippen LogP contribution in [-0.4, -0.2) is 48.0 Å². The fraction of sp³-hybridized carbons (Fsp3) is 0.333. The SMILES string of the molecule is N#Cc1ccc(C[C@H]2CN(S(=O)(=O)c3ccc(Cl)cn3)C[C@@]2(O)CN)cc1F. The average molecular weight is 425 g/mol. The largest absolute Gasteiger partial charge is 0.387 e. The maximum absolute atomic E-state index is 13.9. The molecule has 148 valence electrons. The van der Waals surface area contributed by atoms with Crippen LogP contribution in [0.3, 0.4) is 0 Å². The van der Waals surface area contributed by atoms with Gasteiger partial charge in [-0.1, -0.05) is 17.7 Å². The highest BCUT2D eigenvalue weighted by molar-refractivity contribution is 7.89. The van der Waals surface area contributed by atoms with E-state index < -0.39 is 27.4 Å². The molecule has 1 aliphatic rings. The van der Waals surface area contributed by atoms with Crippen molar-refractivity contribution < 1.29 is 17.9 Å². The first-order chi connectivity index (χ1) is 13.2. The third-order valence-electron chi connectivity index (χ3n) is 4.93. The monoisotopic (exact) mass is 424 g/mol. The molecule has 0 radical (unpaired) electrons. The van der Waals surface area contributed by atoms with Crippen molar-refractivity contribution in [3.63, 3.8) is 0 Å². The fourth-order valence-electron chi connectivity index (χ4n) is 3.29. The molecule has 28 heavy (non-hydrogen) atoms. The molecule has 3 rings (SSSR count). The summed E-state index contributed by atoms with van der Waals surface area (Å²) in [6.45, 7) is -0.349. The van der Waals surface area contributed by atoms with Crippen LogP contribution in [0.4, 0.5) is 4.39 Å². The number of hydrogen-bond donors (Lipinski definition) is 2. The second kappa shape index (κ2) is 7.73. The standard InChI is InChI=1S/C18H18ClFN4O3S/c19-15-3-4-17(23-8-15)28(26,27)24-9-14(18(25,10-22)11-24)5-12-1-2-13(7-21)16(20)6-12/h1-4,6,8,14,25H,5,9-11,22H2/t14-,18-/m0/s1. The van der Waals surface area contributed by atoms with Crippen LogP contribution < -0.4 is 5.73 Å². The molecule has 0 saturated carbocycles. The zero-order valence-electron chi connectivity index (χ0n) is 14.7. The van der Waals surface area contributed by atoms with Gasteiger partial charge in [0.2, 0.25) is 0 Å². The van der Waals surface area contributed by atoms with Crippen LogP contribution in [0.1, 0.15) is 11.1 Å².